The molecule has 0 fully saturated rings. The van der Waals surface area contributed by atoms with E-state index in [1.807, 2.05) is 71.4 Å². The van der Waals surface area contributed by atoms with Gasteiger partial charge in [0.15, 0.2) is 0 Å². The highest BCUT2D eigenvalue weighted by Crippen LogP contribution is 2.31. The molecule has 0 atom stereocenters. The van der Waals surface area contributed by atoms with Crippen LogP contribution in [0.1, 0.15) is 15.7 Å². The first kappa shape index (κ1) is 22.5. The number of aromatic nitrogens is 2. The Bertz CT molecular complexity index is 708. The Morgan fingerprint density at radius 2 is 1.15 bits per heavy atom. The SMILES string of the molecule is Cl.O=C(O)C(c1cccs1)c1cccs1.c1ccncc1.c1ccncc1. The van der Waals surface area contributed by atoms with E-state index in [1.165, 1.54) is 22.7 Å². The van der Waals surface area contributed by atoms with Crippen LogP contribution in [-0.2, 0) is 4.79 Å². The van der Waals surface area contributed by atoms with Crippen molar-refractivity contribution >= 4 is 41.0 Å². The number of carboxylic acids is 1. The smallest absolute Gasteiger partial charge is 0.317 e. The number of hydrogen-bond acceptors (Lipinski definition) is 5. The van der Waals surface area contributed by atoms with Gasteiger partial charge in [-0.05, 0) is 47.2 Å². The molecule has 4 nitrogen and oxygen atoms in total. The van der Waals surface area contributed by atoms with Crippen LogP contribution in [0, 0.1) is 0 Å². The molecule has 27 heavy (non-hydrogen) atoms. The maximum absolute atomic E-state index is 11.1. The van der Waals surface area contributed by atoms with Gasteiger partial charge in [0.1, 0.15) is 5.92 Å². The summed E-state index contributed by atoms with van der Waals surface area (Å²) in [5.74, 6) is -1.27. The molecule has 7 heteroatoms. The summed E-state index contributed by atoms with van der Waals surface area (Å²) in [7, 11) is 0. The van der Waals surface area contributed by atoms with E-state index in [0.29, 0.717) is 0 Å². The minimum atomic E-state index is -0.782. The number of rotatable bonds is 3. The molecule has 0 saturated heterocycles. The van der Waals surface area contributed by atoms with Crippen LogP contribution in [0.3, 0.4) is 0 Å². The summed E-state index contributed by atoms with van der Waals surface area (Å²) in [5, 5.41) is 12.9. The zero-order valence-electron chi connectivity index (χ0n) is 14.3. The average molecular weight is 419 g/mol. The third-order valence-electron chi connectivity index (χ3n) is 3.04. The van der Waals surface area contributed by atoms with Crippen molar-refractivity contribution in [2.45, 2.75) is 5.92 Å². The van der Waals surface area contributed by atoms with Gasteiger partial charge < -0.3 is 5.11 Å². The summed E-state index contributed by atoms with van der Waals surface area (Å²) >= 11 is 2.97. The average Bonchev–Trinajstić information content (AvgIpc) is 3.41. The van der Waals surface area contributed by atoms with Crippen LogP contribution < -0.4 is 0 Å². The number of carbonyl (C=O) groups is 1. The summed E-state index contributed by atoms with van der Waals surface area (Å²) in [6.07, 6.45) is 7.00. The van der Waals surface area contributed by atoms with Crippen LogP contribution >= 0.6 is 35.1 Å². The number of pyridine rings is 2. The van der Waals surface area contributed by atoms with E-state index >= 15 is 0 Å². The molecule has 0 bridgehead atoms. The van der Waals surface area contributed by atoms with Gasteiger partial charge in [-0.2, -0.15) is 0 Å². The van der Waals surface area contributed by atoms with Gasteiger partial charge in [0.05, 0.1) is 0 Å². The van der Waals surface area contributed by atoms with Crippen LogP contribution in [0.2, 0.25) is 0 Å². The molecule has 140 valence electrons. The normalized spacial score (nSPS) is 9.07. The lowest BCUT2D eigenvalue weighted by Gasteiger charge is -2.06. The van der Waals surface area contributed by atoms with E-state index < -0.39 is 11.9 Å². The van der Waals surface area contributed by atoms with Crippen molar-refractivity contribution in [3.05, 3.63) is 106 Å². The van der Waals surface area contributed by atoms with Crippen LogP contribution in [0.25, 0.3) is 0 Å². The second kappa shape index (κ2) is 13.6. The number of halogens is 1. The van der Waals surface area contributed by atoms with Gasteiger partial charge in [0.2, 0.25) is 0 Å². The summed E-state index contributed by atoms with van der Waals surface area (Å²) in [5.41, 5.74) is 0. The maximum Gasteiger partial charge on any atom is 0.317 e. The zero-order valence-corrected chi connectivity index (χ0v) is 16.7. The quantitative estimate of drug-likeness (QED) is 0.469. The predicted octanol–water partition coefficient (Wildman–Crippen LogP) is 5.61. The first-order valence-corrected chi connectivity index (χ1v) is 9.54. The Labute approximate surface area is 172 Å². The van der Waals surface area contributed by atoms with Gasteiger partial charge in [-0.25, -0.2) is 0 Å². The van der Waals surface area contributed by atoms with Crippen molar-refractivity contribution in [2.75, 3.05) is 0 Å². The molecule has 0 spiro atoms. The first-order chi connectivity index (χ1) is 12.8. The molecular formula is C20H19ClN2O2S2. The highest BCUT2D eigenvalue weighted by Gasteiger charge is 2.23. The largest absolute Gasteiger partial charge is 0.480 e. The van der Waals surface area contributed by atoms with Crippen LogP contribution in [-0.4, -0.2) is 21.0 Å². The molecule has 4 aromatic rings. The highest BCUT2D eigenvalue weighted by molar-refractivity contribution is 7.11. The standard InChI is InChI=1S/C10H8O2S2.2C5H5N.ClH/c11-10(12)9(7-3-1-5-13-7)8-4-2-6-14-8;2*1-2-4-6-5-3-1;/h1-6,9H,(H,11,12);2*1-5H;1H. The van der Waals surface area contributed by atoms with E-state index in [1.54, 1.807) is 24.8 Å². The molecule has 0 saturated carbocycles. The van der Waals surface area contributed by atoms with Gasteiger partial charge in [0, 0.05) is 34.5 Å². The van der Waals surface area contributed by atoms with Crippen molar-refractivity contribution < 1.29 is 9.90 Å². The van der Waals surface area contributed by atoms with Gasteiger partial charge in [-0.15, -0.1) is 35.1 Å². The van der Waals surface area contributed by atoms with E-state index in [-0.39, 0.29) is 12.4 Å². The Morgan fingerprint density at radius 1 is 0.741 bits per heavy atom. The molecule has 4 heterocycles. The Morgan fingerprint density at radius 3 is 1.33 bits per heavy atom. The van der Waals surface area contributed by atoms with Crippen molar-refractivity contribution in [1.29, 1.82) is 0 Å². The molecule has 0 aliphatic heterocycles. The van der Waals surface area contributed by atoms with Crippen molar-refractivity contribution in [3.8, 4) is 0 Å². The molecule has 0 radical (unpaired) electrons. The molecule has 0 aliphatic carbocycles. The molecular weight excluding hydrogens is 400 g/mol. The molecule has 4 aromatic heterocycles. The minimum Gasteiger partial charge on any atom is -0.480 e. The van der Waals surface area contributed by atoms with Gasteiger partial charge in [0.25, 0.3) is 0 Å². The summed E-state index contributed by atoms with van der Waals surface area (Å²) in [4.78, 5) is 20.5. The lowest BCUT2D eigenvalue weighted by molar-refractivity contribution is -0.137. The molecule has 0 aromatic carbocycles. The van der Waals surface area contributed by atoms with Crippen molar-refractivity contribution in [3.63, 3.8) is 0 Å². The van der Waals surface area contributed by atoms with Crippen LogP contribution in [0.15, 0.2) is 96.2 Å². The molecule has 0 amide bonds. The van der Waals surface area contributed by atoms with E-state index in [4.69, 9.17) is 5.11 Å². The Hall–Kier alpha value is -2.54. The fraction of sp³-hybridized carbons (Fsp3) is 0.0500. The van der Waals surface area contributed by atoms with Gasteiger partial charge >= 0.3 is 5.97 Å². The number of thiophene rings is 2. The number of carboxylic acid groups (broad SMARTS) is 1. The van der Waals surface area contributed by atoms with Gasteiger partial charge in [-0.3, -0.25) is 14.8 Å². The number of nitrogens with zero attached hydrogens (tertiary/aromatic N) is 2. The number of hydrogen-bond donors (Lipinski definition) is 1. The van der Waals surface area contributed by atoms with E-state index in [0.717, 1.165) is 9.75 Å². The topological polar surface area (TPSA) is 63.1 Å². The second-order valence-electron chi connectivity index (χ2n) is 4.85. The van der Waals surface area contributed by atoms with E-state index in [9.17, 15) is 4.79 Å². The molecule has 0 unspecified atom stereocenters. The minimum absolute atomic E-state index is 0. The van der Waals surface area contributed by atoms with E-state index in [2.05, 4.69) is 9.97 Å². The summed E-state index contributed by atoms with van der Waals surface area (Å²) in [6, 6.07) is 18.9. The molecule has 4 rings (SSSR count). The predicted molar refractivity (Wildman–Crippen MR) is 114 cm³/mol. The number of aliphatic carboxylic acids is 1. The Kier molecular flexibility index (Phi) is 11.4. The van der Waals surface area contributed by atoms with Crippen LogP contribution in [0.4, 0.5) is 0 Å². The first-order valence-electron chi connectivity index (χ1n) is 7.78. The monoisotopic (exact) mass is 418 g/mol. The van der Waals surface area contributed by atoms with Gasteiger partial charge in [-0.1, -0.05) is 24.3 Å². The Balaban J connectivity index is 0.000000233. The molecule has 0 aliphatic rings. The molecule has 1 N–H and O–H groups in total. The second-order valence-corrected chi connectivity index (χ2v) is 6.81. The lowest BCUT2D eigenvalue weighted by atomic mass is 10.1. The van der Waals surface area contributed by atoms with Crippen molar-refractivity contribution in [2.24, 2.45) is 0 Å². The summed E-state index contributed by atoms with van der Waals surface area (Å²) in [6.45, 7) is 0. The fourth-order valence-corrected chi connectivity index (χ4v) is 3.66. The zero-order chi connectivity index (χ0) is 18.5. The maximum atomic E-state index is 11.1. The lowest BCUT2D eigenvalue weighted by Crippen LogP contribution is -2.09. The highest BCUT2D eigenvalue weighted by atomic mass is 35.5. The summed E-state index contributed by atoms with van der Waals surface area (Å²) < 4.78 is 0. The third-order valence-corrected chi connectivity index (χ3v) is 4.91. The van der Waals surface area contributed by atoms with Crippen molar-refractivity contribution in [1.82, 2.24) is 9.97 Å². The van der Waals surface area contributed by atoms with Crippen LogP contribution in [0.5, 0.6) is 0 Å². The fourth-order valence-electron chi connectivity index (χ4n) is 1.92. The third kappa shape index (κ3) is 8.59.